The first-order valence-electron chi connectivity index (χ1n) is 9.96. The summed E-state index contributed by atoms with van der Waals surface area (Å²) in [7, 11) is -2.17. The molecule has 0 bridgehead atoms. The van der Waals surface area contributed by atoms with Crippen molar-refractivity contribution in [2.45, 2.75) is 24.7 Å². The van der Waals surface area contributed by atoms with Gasteiger partial charge in [-0.05, 0) is 55.8 Å². The molecule has 2 N–H and O–H groups in total. The third-order valence-corrected chi connectivity index (χ3v) is 6.93. The number of nitrogens with zero attached hydrogens (tertiary/aromatic N) is 2. The van der Waals surface area contributed by atoms with Gasteiger partial charge in [0.15, 0.2) is 0 Å². The zero-order valence-electron chi connectivity index (χ0n) is 18.0. The molecule has 176 valence electrons. The number of halogens is 2. The van der Waals surface area contributed by atoms with Crippen molar-refractivity contribution in [1.82, 2.24) is 4.31 Å². The van der Waals surface area contributed by atoms with Crippen molar-refractivity contribution >= 4 is 44.8 Å². The van der Waals surface area contributed by atoms with E-state index < -0.39 is 10.0 Å². The molecular formula is C21H27Cl2N3O5S. The van der Waals surface area contributed by atoms with Crippen LogP contribution in [0.3, 0.4) is 0 Å². The molecule has 8 nitrogen and oxygen atoms in total. The monoisotopic (exact) mass is 503 g/mol. The van der Waals surface area contributed by atoms with E-state index in [1.165, 1.54) is 35.6 Å². The number of benzene rings is 2. The van der Waals surface area contributed by atoms with Crippen molar-refractivity contribution in [3.8, 4) is 5.75 Å². The lowest BCUT2D eigenvalue weighted by molar-refractivity contribution is -0.118. The molecule has 32 heavy (non-hydrogen) atoms. The second-order valence-corrected chi connectivity index (χ2v) is 9.70. The first kappa shape index (κ1) is 26.4. The van der Waals surface area contributed by atoms with E-state index in [0.29, 0.717) is 41.1 Å². The number of hydrogen-bond acceptors (Lipinski definition) is 6. The Morgan fingerprint density at radius 3 is 2.41 bits per heavy atom. The number of likely N-dealkylation sites (N-methyl/N-ethyl adjacent to an activating group) is 1. The lowest BCUT2D eigenvalue weighted by atomic mass is 10.2. The van der Waals surface area contributed by atoms with Crippen molar-refractivity contribution in [1.29, 1.82) is 0 Å². The van der Waals surface area contributed by atoms with Crippen LogP contribution in [0.25, 0.3) is 0 Å². The topological polar surface area (TPSA) is 102 Å². The highest BCUT2D eigenvalue weighted by atomic mass is 35.5. The van der Waals surface area contributed by atoms with Crippen LogP contribution >= 0.6 is 23.2 Å². The molecule has 2 aromatic rings. The zero-order chi connectivity index (χ0) is 23.7. The second-order valence-electron chi connectivity index (χ2n) is 6.81. The summed E-state index contributed by atoms with van der Waals surface area (Å²) in [5.74, 6) is 6.05. The van der Waals surface area contributed by atoms with E-state index in [0.717, 1.165) is 5.01 Å². The van der Waals surface area contributed by atoms with E-state index in [9.17, 15) is 13.2 Å². The van der Waals surface area contributed by atoms with Gasteiger partial charge in [-0.3, -0.25) is 4.79 Å². The highest BCUT2D eigenvalue weighted by molar-refractivity contribution is 7.89. The molecule has 0 atom stereocenters. The van der Waals surface area contributed by atoms with Crippen molar-refractivity contribution in [3.05, 3.63) is 52.5 Å². The number of hydrogen-bond donors (Lipinski definition) is 1. The first-order valence-corrected chi connectivity index (χ1v) is 12.2. The average molecular weight is 504 g/mol. The molecule has 0 saturated carbocycles. The van der Waals surface area contributed by atoms with Crippen LogP contribution in [0, 0.1) is 0 Å². The summed E-state index contributed by atoms with van der Waals surface area (Å²) >= 11 is 11.9. The van der Waals surface area contributed by atoms with E-state index in [2.05, 4.69) is 0 Å². The van der Waals surface area contributed by atoms with Crippen LogP contribution in [-0.4, -0.2) is 52.0 Å². The SMILES string of the molecule is CCOCCN(C)S(=O)(=O)c1ccc(N(N)C(=O)CCCOc2ccc(Cl)cc2Cl)cc1. The van der Waals surface area contributed by atoms with Crippen LogP contribution in [0.5, 0.6) is 5.75 Å². The van der Waals surface area contributed by atoms with Gasteiger partial charge in [0.25, 0.3) is 0 Å². The highest BCUT2D eigenvalue weighted by Crippen LogP contribution is 2.27. The number of ether oxygens (including phenoxy) is 2. The molecule has 0 aromatic heterocycles. The van der Waals surface area contributed by atoms with Gasteiger partial charge in [0.05, 0.1) is 28.8 Å². The molecule has 0 radical (unpaired) electrons. The van der Waals surface area contributed by atoms with Crippen LogP contribution < -0.4 is 15.6 Å². The quantitative estimate of drug-likeness (QED) is 0.205. The predicted octanol–water partition coefficient (Wildman–Crippen LogP) is 3.72. The number of rotatable bonds is 12. The minimum absolute atomic E-state index is 0.106. The molecule has 2 aromatic carbocycles. The van der Waals surface area contributed by atoms with E-state index in [4.69, 9.17) is 38.5 Å². The molecule has 0 aliphatic carbocycles. The fourth-order valence-electron chi connectivity index (χ4n) is 2.68. The van der Waals surface area contributed by atoms with Gasteiger partial charge in [-0.2, -0.15) is 4.31 Å². The molecule has 0 saturated heterocycles. The Kier molecular flexibility index (Phi) is 10.2. The number of hydrazine groups is 1. The van der Waals surface area contributed by atoms with Gasteiger partial charge >= 0.3 is 0 Å². The first-order chi connectivity index (χ1) is 15.2. The molecule has 0 fully saturated rings. The Hall–Kier alpha value is -1.88. The van der Waals surface area contributed by atoms with Crippen molar-refractivity contribution in [2.75, 3.05) is 38.4 Å². The maximum Gasteiger partial charge on any atom is 0.242 e. The summed E-state index contributed by atoms with van der Waals surface area (Å²) in [5.41, 5.74) is 0.382. The van der Waals surface area contributed by atoms with E-state index in [1.54, 1.807) is 18.2 Å². The lowest BCUT2D eigenvalue weighted by Crippen LogP contribution is -2.37. The number of anilines is 1. The number of carbonyl (C=O) groups is 1. The summed E-state index contributed by atoms with van der Waals surface area (Å²) in [6.45, 7) is 3.18. The smallest absolute Gasteiger partial charge is 0.242 e. The van der Waals surface area contributed by atoms with Gasteiger partial charge in [-0.15, -0.1) is 0 Å². The number of carbonyl (C=O) groups excluding carboxylic acids is 1. The Balaban J connectivity index is 1.88. The van der Waals surface area contributed by atoms with Gasteiger partial charge in [0.2, 0.25) is 15.9 Å². The Morgan fingerprint density at radius 2 is 1.78 bits per heavy atom. The third-order valence-electron chi connectivity index (χ3n) is 4.53. The standard InChI is InChI=1S/C21H27Cl2N3O5S/c1-3-30-14-12-25(2)32(28,29)18-9-7-17(8-10-18)26(24)21(27)5-4-13-31-20-11-6-16(22)15-19(20)23/h6-11,15H,3-5,12-14,24H2,1-2H3. The summed E-state index contributed by atoms with van der Waals surface area (Å²) < 4.78 is 37.2. The van der Waals surface area contributed by atoms with Crippen molar-refractivity contribution in [2.24, 2.45) is 5.84 Å². The molecule has 0 aliphatic rings. The molecule has 1 amide bonds. The summed E-state index contributed by atoms with van der Waals surface area (Å²) in [4.78, 5) is 12.5. The Bertz CT molecular complexity index is 1000. The number of amides is 1. The molecule has 0 aliphatic heterocycles. The molecule has 0 spiro atoms. The summed E-state index contributed by atoms with van der Waals surface area (Å²) in [6.07, 6.45) is 0.560. The lowest BCUT2D eigenvalue weighted by Gasteiger charge is -2.19. The van der Waals surface area contributed by atoms with Crippen LogP contribution in [0.1, 0.15) is 19.8 Å². The van der Waals surface area contributed by atoms with E-state index >= 15 is 0 Å². The van der Waals surface area contributed by atoms with Crippen LogP contribution in [0.15, 0.2) is 47.4 Å². The molecule has 0 heterocycles. The Labute approximate surface area is 198 Å². The predicted molar refractivity (Wildman–Crippen MR) is 126 cm³/mol. The van der Waals surface area contributed by atoms with Crippen LogP contribution in [0.4, 0.5) is 5.69 Å². The summed E-state index contributed by atoms with van der Waals surface area (Å²) in [6, 6.07) is 10.7. The number of nitrogens with two attached hydrogens (primary N) is 1. The maximum atomic E-state index is 12.6. The number of sulfonamides is 1. The van der Waals surface area contributed by atoms with E-state index in [1.807, 2.05) is 6.92 Å². The van der Waals surface area contributed by atoms with Gasteiger partial charge in [0.1, 0.15) is 5.75 Å². The van der Waals surface area contributed by atoms with Gasteiger partial charge < -0.3 is 9.47 Å². The Morgan fingerprint density at radius 1 is 1.09 bits per heavy atom. The normalized spacial score (nSPS) is 11.6. The highest BCUT2D eigenvalue weighted by Gasteiger charge is 2.21. The second kappa shape index (κ2) is 12.4. The molecule has 2 rings (SSSR count). The third kappa shape index (κ3) is 7.33. The molecule has 0 unspecified atom stereocenters. The molecular weight excluding hydrogens is 477 g/mol. The van der Waals surface area contributed by atoms with Gasteiger partial charge in [0, 0.05) is 31.6 Å². The zero-order valence-corrected chi connectivity index (χ0v) is 20.3. The van der Waals surface area contributed by atoms with Crippen molar-refractivity contribution in [3.63, 3.8) is 0 Å². The average Bonchev–Trinajstić information content (AvgIpc) is 2.77. The van der Waals surface area contributed by atoms with E-state index in [-0.39, 0.29) is 30.4 Å². The van der Waals surface area contributed by atoms with Gasteiger partial charge in [-0.25, -0.2) is 19.3 Å². The maximum absolute atomic E-state index is 12.6. The molecule has 11 heteroatoms. The minimum atomic E-state index is -3.66. The van der Waals surface area contributed by atoms with Crippen LogP contribution in [-0.2, 0) is 19.6 Å². The fraction of sp³-hybridized carbons (Fsp3) is 0.381. The largest absolute Gasteiger partial charge is 0.492 e. The fourth-order valence-corrected chi connectivity index (χ4v) is 4.30. The minimum Gasteiger partial charge on any atom is -0.492 e. The van der Waals surface area contributed by atoms with Crippen molar-refractivity contribution < 1.29 is 22.7 Å². The van der Waals surface area contributed by atoms with Crippen LogP contribution in [0.2, 0.25) is 10.0 Å². The van der Waals surface area contributed by atoms with Gasteiger partial charge in [-0.1, -0.05) is 23.2 Å². The summed E-state index contributed by atoms with van der Waals surface area (Å²) in [5, 5.41) is 1.89.